The summed E-state index contributed by atoms with van der Waals surface area (Å²) in [5, 5.41) is 0. The molecule has 0 amide bonds. The van der Waals surface area contributed by atoms with E-state index < -0.39 is 0 Å². The molecule has 0 saturated heterocycles. The highest BCUT2D eigenvalue weighted by Crippen LogP contribution is 2.40. The SMILES string of the molecule is CN=CC=C1CCc2ccc3c(c21)CCO3. The van der Waals surface area contributed by atoms with Crippen molar-refractivity contribution in [2.75, 3.05) is 13.7 Å². The number of allylic oxidation sites excluding steroid dienone is 2. The molecule has 82 valence electrons. The Hall–Kier alpha value is -1.57. The van der Waals surface area contributed by atoms with Crippen molar-refractivity contribution >= 4 is 11.8 Å². The number of nitrogens with zero attached hydrogens (tertiary/aromatic N) is 1. The maximum Gasteiger partial charge on any atom is 0.123 e. The molecule has 1 aromatic rings. The first-order valence-corrected chi connectivity index (χ1v) is 5.79. The predicted octanol–water partition coefficient (Wildman–Crippen LogP) is 2.65. The van der Waals surface area contributed by atoms with Crippen molar-refractivity contribution in [3.8, 4) is 5.75 Å². The molecule has 0 spiro atoms. The van der Waals surface area contributed by atoms with Crippen LogP contribution in [0.1, 0.15) is 23.1 Å². The zero-order valence-electron chi connectivity index (χ0n) is 9.49. The zero-order valence-corrected chi connectivity index (χ0v) is 9.49. The zero-order chi connectivity index (χ0) is 11.0. The molecule has 1 heterocycles. The third-order valence-electron chi connectivity index (χ3n) is 3.38. The standard InChI is InChI=1S/C14H15NO/c1-15-8-6-11-3-2-10-4-5-13-12(14(10)11)7-9-16-13/h4-6,8H,2-3,7,9H2,1H3. The first-order chi connectivity index (χ1) is 7.90. The summed E-state index contributed by atoms with van der Waals surface area (Å²) in [5.74, 6) is 1.08. The molecule has 0 saturated carbocycles. The van der Waals surface area contributed by atoms with E-state index in [0.717, 1.165) is 31.6 Å². The average molecular weight is 213 g/mol. The van der Waals surface area contributed by atoms with Crippen LogP contribution in [0.15, 0.2) is 23.2 Å². The molecule has 0 aromatic heterocycles. The van der Waals surface area contributed by atoms with Gasteiger partial charge in [0.25, 0.3) is 0 Å². The Bertz CT molecular complexity index is 486. The van der Waals surface area contributed by atoms with E-state index in [1.165, 1.54) is 22.3 Å². The van der Waals surface area contributed by atoms with Crippen molar-refractivity contribution < 1.29 is 4.74 Å². The van der Waals surface area contributed by atoms with Gasteiger partial charge in [-0.15, -0.1) is 0 Å². The lowest BCUT2D eigenvalue weighted by Gasteiger charge is -2.06. The van der Waals surface area contributed by atoms with Crippen LogP contribution in [0.5, 0.6) is 5.75 Å². The Labute approximate surface area is 95.7 Å². The first-order valence-electron chi connectivity index (χ1n) is 5.79. The van der Waals surface area contributed by atoms with Gasteiger partial charge in [0, 0.05) is 25.2 Å². The second kappa shape index (κ2) is 3.78. The molecule has 1 aromatic carbocycles. The molecule has 1 aliphatic heterocycles. The van der Waals surface area contributed by atoms with Crippen molar-refractivity contribution in [1.82, 2.24) is 0 Å². The van der Waals surface area contributed by atoms with Gasteiger partial charge in [0.1, 0.15) is 5.75 Å². The number of hydrogen-bond acceptors (Lipinski definition) is 2. The quantitative estimate of drug-likeness (QED) is 0.657. The third-order valence-corrected chi connectivity index (χ3v) is 3.38. The molecule has 0 unspecified atom stereocenters. The highest BCUT2D eigenvalue weighted by Gasteiger charge is 2.24. The Morgan fingerprint density at radius 2 is 2.19 bits per heavy atom. The maximum absolute atomic E-state index is 5.62. The molecule has 3 rings (SSSR count). The Kier molecular flexibility index (Phi) is 2.28. The van der Waals surface area contributed by atoms with Gasteiger partial charge < -0.3 is 4.74 Å². The second-order valence-electron chi connectivity index (χ2n) is 4.27. The van der Waals surface area contributed by atoms with Gasteiger partial charge in [-0.1, -0.05) is 6.07 Å². The van der Waals surface area contributed by atoms with Crippen LogP contribution in [0.25, 0.3) is 5.57 Å². The fraction of sp³-hybridized carbons (Fsp3) is 0.357. The van der Waals surface area contributed by atoms with Gasteiger partial charge in [-0.25, -0.2) is 0 Å². The van der Waals surface area contributed by atoms with Gasteiger partial charge in [-0.2, -0.15) is 0 Å². The van der Waals surface area contributed by atoms with Gasteiger partial charge in [0.05, 0.1) is 6.61 Å². The molecular formula is C14H15NO. The summed E-state index contributed by atoms with van der Waals surface area (Å²) in [4.78, 5) is 4.03. The van der Waals surface area contributed by atoms with E-state index in [2.05, 4.69) is 23.2 Å². The first kappa shape index (κ1) is 9.64. The molecule has 0 bridgehead atoms. The molecule has 2 nitrogen and oxygen atoms in total. The molecule has 0 fully saturated rings. The summed E-state index contributed by atoms with van der Waals surface area (Å²) in [7, 11) is 1.81. The van der Waals surface area contributed by atoms with Gasteiger partial charge in [0.2, 0.25) is 0 Å². The van der Waals surface area contributed by atoms with Crippen molar-refractivity contribution in [2.24, 2.45) is 4.99 Å². The smallest absolute Gasteiger partial charge is 0.123 e. The van der Waals surface area contributed by atoms with Crippen LogP contribution in [0.2, 0.25) is 0 Å². The topological polar surface area (TPSA) is 21.6 Å². The van der Waals surface area contributed by atoms with Crippen LogP contribution < -0.4 is 4.74 Å². The molecule has 2 aliphatic rings. The summed E-state index contributed by atoms with van der Waals surface area (Å²) < 4.78 is 5.62. The van der Waals surface area contributed by atoms with Gasteiger partial charge >= 0.3 is 0 Å². The Balaban J connectivity index is 2.14. The average Bonchev–Trinajstić information content (AvgIpc) is 2.91. The van der Waals surface area contributed by atoms with Crippen LogP contribution in [0.4, 0.5) is 0 Å². The van der Waals surface area contributed by atoms with Crippen LogP contribution in [0.3, 0.4) is 0 Å². The second-order valence-corrected chi connectivity index (χ2v) is 4.27. The maximum atomic E-state index is 5.62. The number of benzene rings is 1. The van der Waals surface area contributed by atoms with E-state index in [4.69, 9.17) is 4.74 Å². The number of aliphatic imine (C=N–C) groups is 1. The van der Waals surface area contributed by atoms with Crippen molar-refractivity contribution in [1.29, 1.82) is 0 Å². The van der Waals surface area contributed by atoms with Gasteiger partial charge in [0.15, 0.2) is 0 Å². The Morgan fingerprint density at radius 3 is 3.06 bits per heavy atom. The highest BCUT2D eigenvalue weighted by atomic mass is 16.5. The van der Waals surface area contributed by atoms with E-state index in [9.17, 15) is 0 Å². The monoisotopic (exact) mass is 213 g/mol. The Morgan fingerprint density at radius 1 is 1.25 bits per heavy atom. The van der Waals surface area contributed by atoms with Crippen LogP contribution >= 0.6 is 0 Å². The van der Waals surface area contributed by atoms with Crippen molar-refractivity contribution in [2.45, 2.75) is 19.3 Å². The third kappa shape index (κ3) is 1.37. The number of rotatable bonds is 1. The molecule has 0 radical (unpaired) electrons. The molecule has 0 N–H and O–H groups in total. The highest BCUT2D eigenvalue weighted by molar-refractivity contribution is 5.88. The summed E-state index contributed by atoms with van der Waals surface area (Å²) >= 11 is 0. The van der Waals surface area contributed by atoms with Crippen molar-refractivity contribution in [3.63, 3.8) is 0 Å². The van der Waals surface area contributed by atoms with Gasteiger partial charge in [-0.05, 0) is 41.7 Å². The van der Waals surface area contributed by atoms with Crippen LogP contribution in [-0.4, -0.2) is 19.9 Å². The number of fused-ring (bicyclic) bond motifs is 3. The largest absolute Gasteiger partial charge is 0.493 e. The lowest BCUT2D eigenvalue weighted by atomic mass is 9.98. The van der Waals surface area contributed by atoms with Crippen LogP contribution in [0, 0.1) is 0 Å². The van der Waals surface area contributed by atoms with E-state index in [-0.39, 0.29) is 0 Å². The van der Waals surface area contributed by atoms with E-state index >= 15 is 0 Å². The van der Waals surface area contributed by atoms with Crippen LogP contribution in [-0.2, 0) is 12.8 Å². The molecule has 0 atom stereocenters. The van der Waals surface area contributed by atoms with Crippen molar-refractivity contribution in [3.05, 3.63) is 34.9 Å². The van der Waals surface area contributed by atoms with E-state index in [1.54, 1.807) is 0 Å². The number of hydrogen-bond donors (Lipinski definition) is 0. The number of aryl methyl sites for hydroxylation is 1. The lowest BCUT2D eigenvalue weighted by Crippen LogP contribution is -1.89. The molecule has 16 heavy (non-hydrogen) atoms. The lowest BCUT2D eigenvalue weighted by molar-refractivity contribution is 0.357. The summed E-state index contributed by atoms with van der Waals surface area (Å²) in [6, 6.07) is 4.33. The minimum Gasteiger partial charge on any atom is -0.493 e. The van der Waals surface area contributed by atoms with E-state index in [0.29, 0.717) is 0 Å². The number of ether oxygens (including phenoxy) is 1. The fourth-order valence-electron chi connectivity index (χ4n) is 2.66. The molecular weight excluding hydrogens is 198 g/mol. The summed E-state index contributed by atoms with van der Waals surface area (Å²) in [5.41, 5.74) is 5.74. The predicted molar refractivity (Wildman–Crippen MR) is 66.4 cm³/mol. The summed E-state index contributed by atoms with van der Waals surface area (Å²) in [6.45, 7) is 0.834. The normalized spacial score (nSPS) is 20.2. The minimum atomic E-state index is 0.834. The molecule has 1 aliphatic carbocycles. The van der Waals surface area contributed by atoms with E-state index in [1.807, 2.05) is 13.3 Å². The minimum absolute atomic E-state index is 0.834. The molecule has 2 heteroatoms. The summed E-state index contributed by atoms with van der Waals surface area (Å²) in [6.07, 6.45) is 7.38. The fourth-order valence-corrected chi connectivity index (χ4v) is 2.66. The van der Waals surface area contributed by atoms with Gasteiger partial charge in [-0.3, -0.25) is 4.99 Å².